The number of rotatable bonds is 9. The molecule has 3 heterocycles. The Morgan fingerprint density at radius 3 is 2.54 bits per heavy atom. The first-order valence-electron chi connectivity index (χ1n) is 13.8. The van der Waals surface area contributed by atoms with E-state index in [0.29, 0.717) is 11.7 Å². The summed E-state index contributed by atoms with van der Waals surface area (Å²) >= 11 is 6.36. The lowest BCUT2D eigenvalue weighted by Gasteiger charge is -2.40. The molecule has 2 aromatic rings. The summed E-state index contributed by atoms with van der Waals surface area (Å²) in [7, 11) is -4.94. The minimum absolute atomic E-state index is 0.0559. The van der Waals surface area contributed by atoms with E-state index in [1.165, 1.54) is 12.8 Å². The van der Waals surface area contributed by atoms with Crippen molar-refractivity contribution in [1.29, 1.82) is 0 Å². The van der Waals surface area contributed by atoms with Gasteiger partial charge in [-0.1, -0.05) is 45.2 Å². The van der Waals surface area contributed by atoms with E-state index >= 15 is 0 Å². The summed E-state index contributed by atoms with van der Waals surface area (Å²) in [6, 6.07) is 1.92. The van der Waals surface area contributed by atoms with Gasteiger partial charge in [-0.05, 0) is 57.2 Å². The molecule has 1 aliphatic carbocycles. The standard InChI is InChI=1S/C27H45ClN4O3SSi/c1-20(2)36(33,34)17-21-10-13-31(16-21)25-22-15-29-24(28)14-23(22)32(30-25)18-27(11-8-9-12-27)19-35-37(6,7)26(3,4)5/h14-15,20-21H,8-13,16-19H2,1-7H3/t21-/m1/s1. The number of aromatic nitrogens is 3. The van der Waals surface area contributed by atoms with Crippen LogP contribution in [0.5, 0.6) is 0 Å². The third-order valence-corrected chi connectivity index (χ3v) is 16.1. The van der Waals surface area contributed by atoms with Crippen molar-refractivity contribution in [3.63, 3.8) is 0 Å². The Bertz CT molecular complexity index is 1220. The summed E-state index contributed by atoms with van der Waals surface area (Å²) < 4.78 is 34.0. The van der Waals surface area contributed by atoms with E-state index in [9.17, 15) is 8.42 Å². The number of anilines is 1. The Morgan fingerprint density at radius 1 is 1.24 bits per heavy atom. The fourth-order valence-corrected chi connectivity index (χ4v) is 7.97. The van der Waals surface area contributed by atoms with Crippen molar-refractivity contribution in [2.24, 2.45) is 11.3 Å². The van der Waals surface area contributed by atoms with E-state index in [0.717, 1.165) is 55.7 Å². The number of fused-ring (bicyclic) bond motifs is 1. The van der Waals surface area contributed by atoms with Crippen molar-refractivity contribution >= 4 is 46.5 Å². The minimum Gasteiger partial charge on any atom is -0.416 e. The predicted molar refractivity (Wildman–Crippen MR) is 156 cm³/mol. The predicted octanol–water partition coefficient (Wildman–Crippen LogP) is 6.32. The number of hydrogen-bond donors (Lipinski definition) is 0. The van der Waals surface area contributed by atoms with Crippen LogP contribution >= 0.6 is 11.6 Å². The van der Waals surface area contributed by atoms with E-state index in [1.807, 2.05) is 12.3 Å². The van der Waals surface area contributed by atoms with Crippen LogP contribution in [0.1, 0.15) is 66.7 Å². The van der Waals surface area contributed by atoms with Gasteiger partial charge in [-0.3, -0.25) is 4.68 Å². The van der Waals surface area contributed by atoms with Gasteiger partial charge in [0.25, 0.3) is 0 Å². The summed E-state index contributed by atoms with van der Waals surface area (Å²) in [5.41, 5.74) is 1.05. The zero-order valence-electron chi connectivity index (χ0n) is 23.7. The molecule has 37 heavy (non-hydrogen) atoms. The monoisotopic (exact) mass is 568 g/mol. The number of hydrogen-bond acceptors (Lipinski definition) is 6. The molecule has 2 aromatic heterocycles. The molecule has 1 saturated heterocycles. The van der Waals surface area contributed by atoms with Crippen LogP contribution in [0.2, 0.25) is 23.3 Å². The van der Waals surface area contributed by atoms with Gasteiger partial charge in [-0.15, -0.1) is 0 Å². The fraction of sp³-hybridized carbons (Fsp3) is 0.778. The smallest absolute Gasteiger partial charge is 0.192 e. The van der Waals surface area contributed by atoms with Crippen molar-refractivity contribution in [3.05, 3.63) is 17.4 Å². The van der Waals surface area contributed by atoms with E-state index in [-0.39, 0.29) is 27.4 Å². The first-order chi connectivity index (χ1) is 17.1. The maximum Gasteiger partial charge on any atom is 0.192 e. The molecule has 0 unspecified atom stereocenters. The zero-order chi connectivity index (χ0) is 27.2. The van der Waals surface area contributed by atoms with Crippen LogP contribution in [-0.4, -0.2) is 62.2 Å². The quantitative estimate of drug-likeness (QED) is 0.260. The Morgan fingerprint density at radius 2 is 1.92 bits per heavy atom. The molecule has 2 aliphatic rings. The van der Waals surface area contributed by atoms with Crippen molar-refractivity contribution in [2.75, 3.05) is 30.3 Å². The number of halogens is 1. The van der Waals surface area contributed by atoms with Gasteiger partial charge in [0.15, 0.2) is 24.0 Å². The molecule has 1 atom stereocenters. The maximum absolute atomic E-state index is 12.5. The van der Waals surface area contributed by atoms with Gasteiger partial charge in [0, 0.05) is 43.9 Å². The molecule has 0 bridgehead atoms. The van der Waals surface area contributed by atoms with E-state index in [4.69, 9.17) is 21.1 Å². The van der Waals surface area contributed by atoms with Crippen LogP contribution in [0.4, 0.5) is 5.82 Å². The van der Waals surface area contributed by atoms with Crippen LogP contribution < -0.4 is 4.90 Å². The number of nitrogens with zero attached hydrogens (tertiary/aromatic N) is 4. The Balaban J connectivity index is 1.60. The fourth-order valence-electron chi connectivity index (χ4n) is 5.41. The average molecular weight is 569 g/mol. The molecule has 1 aliphatic heterocycles. The number of sulfone groups is 1. The SMILES string of the molecule is CC(C)S(=O)(=O)C[C@@H]1CCN(c2nn(CC3(CO[Si](C)(C)C(C)(C)C)CCCC3)c3cc(Cl)ncc23)C1. The topological polar surface area (TPSA) is 77.3 Å². The molecule has 4 rings (SSSR count). The lowest BCUT2D eigenvalue weighted by Crippen LogP contribution is -2.44. The van der Waals surface area contributed by atoms with Crippen LogP contribution in [0.3, 0.4) is 0 Å². The van der Waals surface area contributed by atoms with Gasteiger partial charge >= 0.3 is 0 Å². The third kappa shape index (κ3) is 6.20. The normalized spacial score (nSPS) is 21.0. The molecule has 0 spiro atoms. The highest BCUT2D eigenvalue weighted by atomic mass is 35.5. The largest absolute Gasteiger partial charge is 0.416 e. The average Bonchev–Trinajstić information content (AvgIpc) is 3.51. The van der Waals surface area contributed by atoms with Crippen molar-refractivity contribution in [1.82, 2.24) is 14.8 Å². The third-order valence-electron chi connectivity index (χ3n) is 9.05. The van der Waals surface area contributed by atoms with Gasteiger partial charge in [0.05, 0.1) is 21.9 Å². The Labute approximate surface area is 229 Å². The molecule has 0 amide bonds. The first kappa shape index (κ1) is 28.8. The summed E-state index contributed by atoms with van der Waals surface area (Å²) in [6.45, 7) is 18.1. The summed E-state index contributed by atoms with van der Waals surface area (Å²) in [6.07, 6.45) is 7.38. The molecule has 0 radical (unpaired) electrons. The van der Waals surface area contributed by atoms with Crippen molar-refractivity contribution in [3.8, 4) is 0 Å². The zero-order valence-corrected chi connectivity index (χ0v) is 26.3. The molecular formula is C27H45ClN4O3SSi. The van der Waals surface area contributed by atoms with Crippen LogP contribution in [0.25, 0.3) is 10.9 Å². The van der Waals surface area contributed by atoms with Crippen LogP contribution in [-0.2, 0) is 20.8 Å². The van der Waals surface area contributed by atoms with E-state index in [2.05, 4.69) is 48.4 Å². The summed E-state index contributed by atoms with van der Waals surface area (Å²) in [4.78, 5) is 6.61. The highest BCUT2D eigenvalue weighted by molar-refractivity contribution is 7.91. The Kier molecular flexibility index (Phi) is 8.13. The van der Waals surface area contributed by atoms with Crippen LogP contribution in [0.15, 0.2) is 12.3 Å². The van der Waals surface area contributed by atoms with E-state index < -0.39 is 18.2 Å². The van der Waals surface area contributed by atoms with Gasteiger partial charge in [0.2, 0.25) is 0 Å². The Hall–Kier alpha value is -1.16. The van der Waals surface area contributed by atoms with Gasteiger partial charge in [-0.2, -0.15) is 5.10 Å². The molecule has 1 saturated carbocycles. The van der Waals surface area contributed by atoms with Gasteiger partial charge < -0.3 is 9.33 Å². The molecule has 7 nitrogen and oxygen atoms in total. The van der Waals surface area contributed by atoms with E-state index in [1.54, 1.807) is 13.8 Å². The summed E-state index contributed by atoms with van der Waals surface area (Å²) in [5.74, 6) is 1.24. The maximum atomic E-state index is 12.5. The summed E-state index contributed by atoms with van der Waals surface area (Å²) in [5, 5.41) is 6.40. The van der Waals surface area contributed by atoms with Gasteiger partial charge in [-0.25, -0.2) is 13.4 Å². The molecule has 2 fully saturated rings. The first-order valence-corrected chi connectivity index (χ1v) is 18.8. The van der Waals surface area contributed by atoms with Gasteiger partial charge in [0.1, 0.15) is 5.15 Å². The molecule has 10 heteroatoms. The second kappa shape index (κ2) is 10.4. The highest BCUT2D eigenvalue weighted by Crippen LogP contribution is 2.44. The molecular weight excluding hydrogens is 524 g/mol. The lowest BCUT2D eigenvalue weighted by molar-refractivity contribution is 0.114. The van der Waals surface area contributed by atoms with Crippen LogP contribution in [0, 0.1) is 11.3 Å². The molecule has 208 valence electrons. The second-order valence-corrected chi connectivity index (χ2v) is 21.0. The highest BCUT2D eigenvalue weighted by Gasteiger charge is 2.42. The second-order valence-electron chi connectivity index (χ2n) is 13.2. The number of pyridine rings is 1. The molecule has 0 N–H and O–H groups in total. The minimum atomic E-state index is -3.08. The lowest BCUT2D eigenvalue weighted by atomic mass is 9.87. The van der Waals surface area contributed by atoms with Crippen molar-refractivity contribution in [2.45, 2.75) is 96.6 Å². The molecule has 0 aromatic carbocycles. The van der Waals surface area contributed by atoms with Crippen molar-refractivity contribution < 1.29 is 12.8 Å².